The van der Waals surface area contributed by atoms with Crippen LogP contribution in [0.4, 0.5) is 11.4 Å². The molecule has 2 aromatic carbocycles. The van der Waals surface area contributed by atoms with Crippen LogP contribution in [0, 0.1) is 10.1 Å². The largest absolute Gasteiger partial charge is 0.497 e. The van der Waals surface area contributed by atoms with Crippen LogP contribution >= 0.6 is 22.9 Å². The topological polar surface area (TPSA) is 90.7 Å². The summed E-state index contributed by atoms with van der Waals surface area (Å²) in [6, 6.07) is 12.8. The zero-order chi connectivity index (χ0) is 20.1. The number of amides is 1. The van der Waals surface area contributed by atoms with Crippen LogP contribution in [0.2, 0.25) is 5.02 Å². The van der Waals surface area contributed by atoms with Crippen LogP contribution in [-0.4, -0.2) is 17.9 Å². The van der Waals surface area contributed by atoms with Crippen LogP contribution in [0.15, 0.2) is 53.9 Å². The molecule has 0 bridgehead atoms. The third-order valence-electron chi connectivity index (χ3n) is 3.74. The van der Waals surface area contributed by atoms with Gasteiger partial charge in [0.1, 0.15) is 18.1 Å². The number of nitrogens with zero attached hydrogens (tertiary/aromatic N) is 1. The Bertz CT molecular complexity index is 1020. The molecule has 1 heterocycles. The van der Waals surface area contributed by atoms with Gasteiger partial charge < -0.3 is 14.8 Å². The van der Waals surface area contributed by atoms with Crippen LogP contribution < -0.4 is 14.8 Å². The van der Waals surface area contributed by atoms with Crippen LogP contribution in [-0.2, 0) is 6.61 Å². The molecule has 0 spiro atoms. The lowest BCUT2D eigenvalue weighted by molar-refractivity contribution is -0.384. The Labute approximate surface area is 169 Å². The third kappa shape index (κ3) is 4.79. The highest BCUT2D eigenvalue weighted by Crippen LogP contribution is 2.28. The maximum Gasteiger partial charge on any atom is 0.271 e. The number of benzene rings is 2. The van der Waals surface area contributed by atoms with Crippen molar-refractivity contribution in [2.75, 3.05) is 12.4 Å². The van der Waals surface area contributed by atoms with Gasteiger partial charge in [-0.15, -0.1) is 11.3 Å². The van der Waals surface area contributed by atoms with E-state index in [1.807, 2.05) is 23.6 Å². The summed E-state index contributed by atoms with van der Waals surface area (Å²) in [6.45, 7) is 0.301. The number of nitro groups is 1. The number of non-ortho nitro benzene ring substituents is 1. The molecule has 0 radical (unpaired) electrons. The summed E-state index contributed by atoms with van der Waals surface area (Å²) >= 11 is 7.27. The second kappa shape index (κ2) is 8.73. The van der Waals surface area contributed by atoms with Gasteiger partial charge in [-0.1, -0.05) is 17.7 Å². The fourth-order valence-electron chi connectivity index (χ4n) is 2.33. The predicted octanol–water partition coefficient (Wildman–Crippen LogP) is 5.15. The minimum absolute atomic E-state index is 0.0979. The van der Waals surface area contributed by atoms with E-state index in [0.29, 0.717) is 28.7 Å². The normalized spacial score (nSPS) is 10.4. The van der Waals surface area contributed by atoms with Crippen molar-refractivity contribution in [1.82, 2.24) is 0 Å². The van der Waals surface area contributed by atoms with Crippen LogP contribution in [0.25, 0.3) is 0 Å². The van der Waals surface area contributed by atoms with Crippen molar-refractivity contribution in [3.05, 3.63) is 79.5 Å². The molecule has 0 aliphatic rings. The second-order valence-electron chi connectivity index (χ2n) is 5.66. The molecule has 0 atom stereocenters. The van der Waals surface area contributed by atoms with Crippen molar-refractivity contribution in [1.29, 1.82) is 0 Å². The van der Waals surface area contributed by atoms with E-state index in [1.165, 1.54) is 29.5 Å². The minimum atomic E-state index is -0.550. The molecule has 3 aromatic rings. The molecule has 28 heavy (non-hydrogen) atoms. The van der Waals surface area contributed by atoms with Crippen LogP contribution in [0.1, 0.15) is 15.2 Å². The second-order valence-corrected chi connectivity index (χ2v) is 6.98. The SMILES string of the molecule is COc1cccc(OCc2csc(C(=O)Nc3ccc([N+](=O)[O-])cc3Cl)c2)c1. The average Bonchev–Trinajstić information content (AvgIpc) is 3.17. The Balaban J connectivity index is 1.63. The van der Waals surface area contributed by atoms with Crippen LogP contribution in [0.5, 0.6) is 11.5 Å². The highest BCUT2D eigenvalue weighted by Gasteiger charge is 2.14. The fourth-order valence-corrected chi connectivity index (χ4v) is 3.34. The Morgan fingerprint density at radius 2 is 2.00 bits per heavy atom. The lowest BCUT2D eigenvalue weighted by Gasteiger charge is -2.06. The standard InChI is InChI=1S/C19H15ClN2O5S/c1-26-14-3-2-4-15(9-14)27-10-12-7-18(28-11-12)19(23)21-17-6-5-13(22(24)25)8-16(17)20/h2-9,11H,10H2,1H3,(H,21,23). The molecule has 1 N–H and O–H groups in total. The summed E-state index contributed by atoms with van der Waals surface area (Å²) in [5.41, 5.74) is 1.00. The van der Waals surface area contributed by atoms with Crippen molar-refractivity contribution >= 4 is 40.2 Å². The third-order valence-corrected chi connectivity index (χ3v) is 5.03. The summed E-state index contributed by atoms with van der Waals surface area (Å²) < 4.78 is 10.9. The van der Waals surface area contributed by atoms with E-state index < -0.39 is 4.92 Å². The number of nitrogens with one attached hydrogen (secondary N) is 1. The van der Waals surface area contributed by atoms with Gasteiger partial charge in [-0.05, 0) is 29.6 Å². The summed E-state index contributed by atoms with van der Waals surface area (Å²) in [5.74, 6) is 1.01. The van der Waals surface area contributed by atoms with E-state index in [4.69, 9.17) is 21.1 Å². The minimum Gasteiger partial charge on any atom is -0.497 e. The molecule has 144 valence electrons. The molecule has 0 unspecified atom stereocenters. The maximum absolute atomic E-state index is 12.4. The van der Waals surface area contributed by atoms with E-state index in [1.54, 1.807) is 19.2 Å². The number of thiophene rings is 1. The highest BCUT2D eigenvalue weighted by molar-refractivity contribution is 7.12. The summed E-state index contributed by atoms with van der Waals surface area (Å²) in [7, 11) is 1.58. The first-order valence-corrected chi connectivity index (χ1v) is 9.31. The van der Waals surface area contributed by atoms with E-state index >= 15 is 0 Å². The van der Waals surface area contributed by atoms with Crippen molar-refractivity contribution < 1.29 is 19.2 Å². The monoisotopic (exact) mass is 418 g/mol. The molecule has 0 fully saturated rings. The number of anilines is 1. The molecule has 1 amide bonds. The molecule has 9 heteroatoms. The predicted molar refractivity (Wildman–Crippen MR) is 108 cm³/mol. The van der Waals surface area contributed by atoms with E-state index in [0.717, 1.165) is 5.56 Å². The number of carbonyl (C=O) groups is 1. The smallest absolute Gasteiger partial charge is 0.271 e. The Morgan fingerprint density at radius 3 is 2.71 bits per heavy atom. The number of hydrogen-bond donors (Lipinski definition) is 1. The number of halogens is 1. The van der Waals surface area contributed by atoms with Gasteiger partial charge in [0.15, 0.2) is 0 Å². The number of hydrogen-bond acceptors (Lipinski definition) is 6. The quantitative estimate of drug-likeness (QED) is 0.423. The van der Waals surface area contributed by atoms with Gasteiger partial charge >= 0.3 is 0 Å². The Kier molecular flexibility index (Phi) is 6.13. The molecule has 1 aromatic heterocycles. The molecular formula is C19H15ClN2O5S. The first-order chi connectivity index (χ1) is 13.5. The number of methoxy groups -OCH3 is 1. The zero-order valence-electron chi connectivity index (χ0n) is 14.7. The lowest BCUT2D eigenvalue weighted by Crippen LogP contribution is -2.10. The summed E-state index contributed by atoms with van der Waals surface area (Å²) in [6.07, 6.45) is 0. The van der Waals surface area contributed by atoms with Gasteiger partial charge in [-0.25, -0.2) is 0 Å². The zero-order valence-corrected chi connectivity index (χ0v) is 16.3. The van der Waals surface area contributed by atoms with Gasteiger partial charge in [0.05, 0.1) is 27.6 Å². The van der Waals surface area contributed by atoms with E-state index in [-0.39, 0.29) is 16.6 Å². The first kappa shape index (κ1) is 19.7. The van der Waals surface area contributed by atoms with Gasteiger partial charge in [-0.3, -0.25) is 14.9 Å². The van der Waals surface area contributed by atoms with Crippen molar-refractivity contribution in [3.63, 3.8) is 0 Å². The molecule has 0 aliphatic heterocycles. The molecule has 3 rings (SSSR count). The molecular weight excluding hydrogens is 404 g/mol. The van der Waals surface area contributed by atoms with Crippen LogP contribution in [0.3, 0.4) is 0 Å². The average molecular weight is 419 g/mol. The fraction of sp³-hybridized carbons (Fsp3) is 0.105. The number of ether oxygens (including phenoxy) is 2. The molecule has 0 saturated heterocycles. The maximum atomic E-state index is 12.4. The van der Waals surface area contributed by atoms with Gasteiger partial charge in [0.25, 0.3) is 11.6 Å². The van der Waals surface area contributed by atoms with Crippen molar-refractivity contribution in [3.8, 4) is 11.5 Å². The van der Waals surface area contributed by atoms with Crippen molar-refractivity contribution in [2.45, 2.75) is 6.61 Å². The molecule has 0 aliphatic carbocycles. The van der Waals surface area contributed by atoms with Gasteiger partial charge in [0.2, 0.25) is 0 Å². The number of carbonyl (C=O) groups excluding carboxylic acids is 1. The highest BCUT2D eigenvalue weighted by atomic mass is 35.5. The van der Waals surface area contributed by atoms with Crippen molar-refractivity contribution in [2.24, 2.45) is 0 Å². The summed E-state index contributed by atoms with van der Waals surface area (Å²) in [5, 5.41) is 15.3. The first-order valence-electron chi connectivity index (χ1n) is 8.06. The van der Waals surface area contributed by atoms with Gasteiger partial charge in [0, 0.05) is 23.8 Å². The van der Waals surface area contributed by atoms with E-state index in [9.17, 15) is 14.9 Å². The Hall–Kier alpha value is -3.10. The molecule has 7 nitrogen and oxygen atoms in total. The molecule has 0 saturated carbocycles. The summed E-state index contributed by atoms with van der Waals surface area (Å²) in [4.78, 5) is 23.1. The Morgan fingerprint density at radius 1 is 1.21 bits per heavy atom. The lowest BCUT2D eigenvalue weighted by atomic mass is 10.2. The number of rotatable bonds is 7. The number of nitro benzene ring substituents is 1. The van der Waals surface area contributed by atoms with E-state index in [2.05, 4.69) is 5.32 Å². The van der Waals surface area contributed by atoms with Gasteiger partial charge in [-0.2, -0.15) is 0 Å².